The van der Waals surface area contributed by atoms with Gasteiger partial charge in [0, 0.05) is 19.2 Å². The topological polar surface area (TPSA) is 59.8 Å². The molecular formula is C9H8BrClN4OS. The molecule has 0 unspecified atom stereocenters. The fourth-order valence-corrected chi connectivity index (χ4v) is 2.45. The number of nitrogens with one attached hydrogen (secondary N) is 1. The van der Waals surface area contributed by atoms with E-state index >= 15 is 0 Å². The van der Waals surface area contributed by atoms with Crippen LogP contribution < -0.4 is 5.32 Å². The number of aryl methyl sites for hydroxylation is 1. The zero-order chi connectivity index (χ0) is 12.3. The van der Waals surface area contributed by atoms with Crippen LogP contribution in [0.3, 0.4) is 0 Å². The van der Waals surface area contributed by atoms with Gasteiger partial charge in [0.25, 0.3) is 0 Å². The van der Waals surface area contributed by atoms with Crippen LogP contribution in [0.5, 0.6) is 0 Å². The highest BCUT2D eigenvalue weighted by atomic mass is 79.9. The number of rotatable bonds is 4. The molecule has 8 heteroatoms. The van der Waals surface area contributed by atoms with E-state index in [1.54, 1.807) is 17.1 Å². The maximum Gasteiger partial charge on any atom is 0.228 e. The summed E-state index contributed by atoms with van der Waals surface area (Å²) in [5.74, 6) is -0.0986. The highest BCUT2D eigenvalue weighted by Crippen LogP contribution is 2.23. The SMILES string of the molecule is O=C(CCn1cc(Cl)cn1)Nc1ncc(Br)s1. The highest BCUT2D eigenvalue weighted by molar-refractivity contribution is 9.11. The molecule has 0 bridgehead atoms. The average Bonchev–Trinajstić information content (AvgIpc) is 2.85. The molecule has 5 nitrogen and oxygen atoms in total. The average molecular weight is 336 g/mol. The van der Waals surface area contributed by atoms with E-state index in [0.717, 1.165) is 3.79 Å². The lowest BCUT2D eigenvalue weighted by molar-refractivity contribution is -0.116. The third-order valence-electron chi connectivity index (χ3n) is 1.89. The molecule has 2 aromatic rings. The predicted molar refractivity (Wildman–Crippen MR) is 70.3 cm³/mol. The Labute approximate surface area is 115 Å². The standard InChI is InChI=1S/C9H8BrClN4OS/c10-7-4-12-9(17-7)14-8(16)1-2-15-5-6(11)3-13-15/h3-5H,1-2H2,(H,12,14,16). The van der Waals surface area contributed by atoms with Gasteiger partial charge in [0.05, 0.1) is 21.2 Å². The minimum atomic E-state index is -0.0986. The van der Waals surface area contributed by atoms with Crippen molar-refractivity contribution in [3.8, 4) is 0 Å². The Kier molecular flexibility index (Phi) is 4.14. The van der Waals surface area contributed by atoms with Crippen LogP contribution >= 0.6 is 38.9 Å². The van der Waals surface area contributed by atoms with Gasteiger partial charge in [0.2, 0.25) is 5.91 Å². The molecule has 2 aromatic heterocycles. The quantitative estimate of drug-likeness (QED) is 0.934. The molecular weight excluding hydrogens is 328 g/mol. The molecule has 0 saturated carbocycles. The highest BCUT2D eigenvalue weighted by Gasteiger charge is 2.06. The third kappa shape index (κ3) is 3.79. The number of nitrogens with zero attached hydrogens (tertiary/aromatic N) is 3. The van der Waals surface area contributed by atoms with Gasteiger partial charge in [-0.3, -0.25) is 9.48 Å². The molecule has 0 aromatic carbocycles. The summed E-state index contributed by atoms with van der Waals surface area (Å²) < 4.78 is 2.51. The van der Waals surface area contributed by atoms with Crippen LogP contribution in [-0.4, -0.2) is 20.7 Å². The van der Waals surface area contributed by atoms with Crippen molar-refractivity contribution in [1.29, 1.82) is 0 Å². The van der Waals surface area contributed by atoms with E-state index in [4.69, 9.17) is 11.6 Å². The summed E-state index contributed by atoms with van der Waals surface area (Å²) in [5, 5.41) is 7.84. The summed E-state index contributed by atoms with van der Waals surface area (Å²) >= 11 is 10.4. The molecule has 0 aliphatic heterocycles. The molecule has 0 fully saturated rings. The first-order valence-electron chi connectivity index (χ1n) is 4.72. The molecule has 0 saturated heterocycles. The summed E-state index contributed by atoms with van der Waals surface area (Å²) in [4.78, 5) is 15.6. The summed E-state index contributed by atoms with van der Waals surface area (Å²) in [6.45, 7) is 0.491. The molecule has 0 spiro atoms. The van der Waals surface area contributed by atoms with Gasteiger partial charge in [-0.25, -0.2) is 4.98 Å². The fraction of sp³-hybridized carbons (Fsp3) is 0.222. The Morgan fingerprint density at radius 2 is 2.41 bits per heavy atom. The van der Waals surface area contributed by atoms with Crippen LogP contribution in [0, 0.1) is 0 Å². The van der Waals surface area contributed by atoms with E-state index in [0.29, 0.717) is 23.1 Å². The molecule has 1 amide bonds. The van der Waals surface area contributed by atoms with Crippen molar-refractivity contribution in [2.75, 3.05) is 5.32 Å². The molecule has 2 rings (SSSR count). The molecule has 2 heterocycles. The summed E-state index contributed by atoms with van der Waals surface area (Å²) in [7, 11) is 0. The number of hydrogen-bond acceptors (Lipinski definition) is 4. The molecule has 0 radical (unpaired) electrons. The van der Waals surface area contributed by atoms with Crippen molar-refractivity contribution in [3.63, 3.8) is 0 Å². The van der Waals surface area contributed by atoms with Gasteiger partial charge in [-0.1, -0.05) is 22.9 Å². The summed E-state index contributed by atoms with van der Waals surface area (Å²) in [6.07, 6.45) is 5.19. The second-order valence-electron chi connectivity index (χ2n) is 3.19. The third-order valence-corrected chi connectivity index (χ3v) is 3.48. The predicted octanol–water partition coefficient (Wildman–Crippen LogP) is 2.78. The Bertz CT molecular complexity index is 527. The van der Waals surface area contributed by atoms with Crippen LogP contribution in [0.15, 0.2) is 22.4 Å². The van der Waals surface area contributed by atoms with Gasteiger partial charge in [0.15, 0.2) is 5.13 Å². The largest absolute Gasteiger partial charge is 0.302 e. The lowest BCUT2D eigenvalue weighted by Crippen LogP contribution is -2.14. The van der Waals surface area contributed by atoms with Crippen molar-refractivity contribution in [2.24, 2.45) is 0 Å². The van der Waals surface area contributed by atoms with Crippen molar-refractivity contribution in [2.45, 2.75) is 13.0 Å². The maximum atomic E-state index is 11.6. The molecule has 90 valence electrons. The number of thiazole rings is 1. The van der Waals surface area contributed by atoms with Gasteiger partial charge in [-0.05, 0) is 15.9 Å². The first-order chi connectivity index (χ1) is 8.13. The van der Waals surface area contributed by atoms with Crippen LogP contribution in [0.2, 0.25) is 5.02 Å². The smallest absolute Gasteiger partial charge is 0.228 e. The molecule has 17 heavy (non-hydrogen) atoms. The lowest BCUT2D eigenvalue weighted by Gasteiger charge is -2.01. The van der Waals surface area contributed by atoms with Crippen LogP contribution in [0.4, 0.5) is 5.13 Å². The Balaban J connectivity index is 1.82. The fourth-order valence-electron chi connectivity index (χ4n) is 1.17. The van der Waals surface area contributed by atoms with Crippen molar-refractivity contribution in [3.05, 3.63) is 27.4 Å². The van der Waals surface area contributed by atoms with Gasteiger partial charge in [-0.15, -0.1) is 0 Å². The number of carbonyl (C=O) groups excluding carboxylic acids is 1. The monoisotopic (exact) mass is 334 g/mol. The second-order valence-corrected chi connectivity index (χ2v) is 6.04. The first kappa shape index (κ1) is 12.5. The van der Waals surface area contributed by atoms with Gasteiger partial charge in [-0.2, -0.15) is 5.10 Å². The number of amides is 1. The normalized spacial score (nSPS) is 10.5. The zero-order valence-corrected chi connectivity index (χ0v) is 11.7. The zero-order valence-electron chi connectivity index (χ0n) is 8.56. The molecule has 0 aliphatic rings. The van der Waals surface area contributed by atoms with Crippen molar-refractivity contribution < 1.29 is 4.79 Å². The first-order valence-corrected chi connectivity index (χ1v) is 6.71. The second kappa shape index (κ2) is 5.61. The van der Waals surface area contributed by atoms with E-state index in [-0.39, 0.29) is 5.91 Å². The minimum Gasteiger partial charge on any atom is -0.302 e. The molecule has 1 N–H and O–H groups in total. The molecule has 0 aliphatic carbocycles. The summed E-state index contributed by atoms with van der Waals surface area (Å²) in [6, 6.07) is 0. The van der Waals surface area contributed by atoms with Crippen LogP contribution in [0.25, 0.3) is 0 Å². The maximum absolute atomic E-state index is 11.6. The Morgan fingerprint density at radius 1 is 1.59 bits per heavy atom. The van der Waals surface area contributed by atoms with E-state index in [1.165, 1.54) is 17.5 Å². The lowest BCUT2D eigenvalue weighted by atomic mass is 10.4. The number of hydrogen-bond donors (Lipinski definition) is 1. The minimum absolute atomic E-state index is 0.0986. The van der Waals surface area contributed by atoms with Gasteiger partial charge < -0.3 is 5.32 Å². The van der Waals surface area contributed by atoms with Crippen LogP contribution in [0.1, 0.15) is 6.42 Å². The number of aromatic nitrogens is 3. The van der Waals surface area contributed by atoms with Gasteiger partial charge in [0.1, 0.15) is 0 Å². The van der Waals surface area contributed by atoms with Gasteiger partial charge >= 0.3 is 0 Å². The van der Waals surface area contributed by atoms with Crippen molar-refractivity contribution in [1.82, 2.24) is 14.8 Å². The van der Waals surface area contributed by atoms with Crippen molar-refractivity contribution >= 4 is 49.9 Å². The van der Waals surface area contributed by atoms with Crippen LogP contribution in [-0.2, 0) is 11.3 Å². The van der Waals surface area contributed by atoms with E-state index in [2.05, 4.69) is 31.3 Å². The number of halogens is 2. The molecule has 0 atom stereocenters. The Morgan fingerprint density at radius 3 is 3.00 bits per heavy atom. The van der Waals surface area contributed by atoms with E-state index < -0.39 is 0 Å². The number of carbonyl (C=O) groups is 1. The number of anilines is 1. The van der Waals surface area contributed by atoms with E-state index in [9.17, 15) is 4.79 Å². The summed E-state index contributed by atoms with van der Waals surface area (Å²) in [5.41, 5.74) is 0. The van der Waals surface area contributed by atoms with E-state index in [1.807, 2.05) is 0 Å². The Hall–Kier alpha value is -0.920.